The van der Waals surface area contributed by atoms with E-state index in [1.165, 1.54) is 17.4 Å². The molecule has 0 saturated carbocycles. The first-order chi connectivity index (χ1) is 11.2. The lowest BCUT2D eigenvalue weighted by Gasteiger charge is -2.05. The van der Waals surface area contributed by atoms with Gasteiger partial charge in [-0.1, -0.05) is 42.5 Å². The molecular formula is C17H15N3O2S. The fourth-order valence-corrected chi connectivity index (χ4v) is 2.69. The molecule has 0 aliphatic carbocycles. The van der Waals surface area contributed by atoms with Gasteiger partial charge in [-0.15, -0.1) is 11.3 Å². The SMILES string of the molecule is O=C(Nc1ccccc1O)c1csc(NCc2ccccc2)n1. The number of nitrogens with one attached hydrogen (secondary N) is 2. The molecule has 0 radical (unpaired) electrons. The third-order valence-electron chi connectivity index (χ3n) is 3.18. The van der Waals surface area contributed by atoms with Crippen molar-refractivity contribution in [3.05, 3.63) is 71.2 Å². The number of phenolic OH excluding ortho intramolecular Hbond substituents is 1. The molecule has 1 aromatic heterocycles. The van der Waals surface area contributed by atoms with E-state index < -0.39 is 0 Å². The van der Waals surface area contributed by atoms with Gasteiger partial charge in [0, 0.05) is 11.9 Å². The summed E-state index contributed by atoms with van der Waals surface area (Å²) in [7, 11) is 0. The van der Waals surface area contributed by atoms with Gasteiger partial charge >= 0.3 is 0 Å². The van der Waals surface area contributed by atoms with E-state index in [9.17, 15) is 9.90 Å². The van der Waals surface area contributed by atoms with Crippen molar-refractivity contribution in [2.45, 2.75) is 6.54 Å². The van der Waals surface area contributed by atoms with Crippen molar-refractivity contribution in [2.24, 2.45) is 0 Å². The van der Waals surface area contributed by atoms with E-state index in [2.05, 4.69) is 15.6 Å². The molecule has 0 saturated heterocycles. The number of para-hydroxylation sites is 2. The Morgan fingerprint density at radius 3 is 2.61 bits per heavy atom. The molecule has 0 aliphatic rings. The van der Waals surface area contributed by atoms with Crippen LogP contribution in [0.5, 0.6) is 5.75 Å². The minimum atomic E-state index is -0.351. The minimum Gasteiger partial charge on any atom is -0.506 e. The molecule has 116 valence electrons. The Bertz CT molecular complexity index is 802. The number of nitrogens with zero attached hydrogens (tertiary/aromatic N) is 1. The number of amides is 1. The Labute approximate surface area is 137 Å². The molecule has 3 rings (SSSR count). The summed E-state index contributed by atoms with van der Waals surface area (Å²) in [5.41, 5.74) is 1.82. The van der Waals surface area contributed by atoms with Gasteiger partial charge in [0.25, 0.3) is 5.91 Å². The van der Waals surface area contributed by atoms with Gasteiger partial charge in [0.1, 0.15) is 11.4 Å². The van der Waals surface area contributed by atoms with Crippen molar-refractivity contribution in [2.75, 3.05) is 10.6 Å². The average molecular weight is 325 g/mol. The van der Waals surface area contributed by atoms with Gasteiger partial charge in [0.15, 0.2) is 5.13 Å². The highest BCUT2D eigenvalue weighted by molar-refractivity contribution is 7.13. The molecule has 1 heterocycles. The Morgan fingerprint density at radius 2 is 1.83 bits per heavy atom. The molecule has 0 spiro atoms. The third-order valence-corrected chi connectivity index (χ3v) is 3.98. The molecular weight excluding hydrogens is 310 g/mol. The number of thiazole rings is 1. The second-order valence-electron chi connectivity index (χ2n) is 4.85. The lowest BCUT2D eigenvalue weighted by molar-refractivity contribution is 0.102. The van der Waals surface area contributed by atoms with Crippen LogP contribution >= 0.6 is 11.3 Å². The number of hydrogen-bond donors (Lipinski definition) is 3. The number of hydrogen-bond acceptors (Lipinski definition) is 5. The first-order valence-electron chi connectivity index (χ1n) is 7.05. The van der Waals surface area contributed by atoms with Crippen LogP contribution in [0.1, 0.15) is 16.1 Å². The van der Waals surface area contributed by atoms with Gasteiger partial charge in [0.05, 0.1) is 5.69 Å². The normalized spacial score (nSPS) is 10.3. The number of phenols is 1. The standard InChI is InChI=1S/C17H15N3O2S/c21-15-9-5-4-8-13(15)19-16(22)14-11-23-17(20-14)18-10-12-6-2-1-3-7-12/h1-9,11,21H,10H2,(H,18,20)(H,19,22). The van der Waals surface area contributed by atoms with Crippen LogP contribution in [0.25, 0.3) is 0 Å². The van der Waals surface area contributed by atoms with Crippen molar-refractivity contribution in [3.8, 4) is 5.75 Å². The Kier molecular flexibility index (Phi) is 4.54. The molecule has 0 bridgehead atoms. The van der Waals surface area contributed by atoms with E-state index in [-0.39, 0.29) is 11.7 Å². The molecule has 0 unspecified atom stereocenters. The van der Waals surface area contributed by atoms with E-state index in [1.807, 2.05) is 30.3 Å². The molecule has 1 amide bonds. The van der Waals surface area contributed by atoms with Crippen LogP contribution in [0.4, 0.5) is 10.8 Å². The maximum atomic E-state index is 12.1. The molecule has 6 heteroatoms. The van der Waals surface area contributed by atoms with E-state index in [4.69, 9.17) is 0 Å². The summed E-state index contributed by atoms with van der Waals surface area (Å²) in [5, 5.41) is 17.9. The molecule has 3 aromatic rings. The summed E-state index contributed by atoms with van der Waals surface area (Å²) in [6.45, 7) is 0.648. The second kappa shape index (κ2) is 6.93. The van der Waals surface area contributed by atoms with Crippen molar-refractivity contribution in [1.29, 1.82) is 0 Å². The second-order valence-corrected chi connectivity index (χ2v) is 5.71. The van der Waals surface area contributed by atoms with Gasteiger partial charge < -0.3 is 15.7 Å². The Balaban J connectivity index is 1.62. The predicted octanol–water partition coefficient (Wildman–Crippen LogP) is 3.71. The summed E-state index contributed by atoms with van der Waals surface area (Å²) in [5.74, 6) is -0.325. The highest BCUT2D eigenvalue weighted by Crippen LogP contribution is 2.23. The number of rotatable bonds is 5. The van der Waals surface area contributed by atoms with Gasteiger partial charge in [-0.25, -0.2) is 4.98 Å². The molecule has 3 N–H and O–H groups in total. The zero-order valence-corrected chi connectivity index (χ0v) is 13.0. The Morgan fingerprint density at radius 1 is 1.09 bits per heavy atom. The Hall–Kier alpha value is -2.86. The van der Waals surface area contributed by atoms with Gasteiger partial charge in [-0.3, -0.25) is 4.79 Å². The van der Waals surface area contributed by atoms with Crippen LogP contribution in [0, 0.1) is 0 Å². The molecule has 0 atom stereocenters. The third kappa shape index (κ3) is 3.87. The average Bonchev–Trinajstić information content (AvgIpc) is 3.05. The molecule has 23 heavy (non-hydrogen) atoms. The van der Waals surface area contributed by atoms with Crippen molar-refractivity contribution < 1.29 is 9.90 Å². The lowest BCUT2D eigenvalue weighted by atomic mass is 10.2. The van der Waals surface area contributed by atoms with Crippen molar-refractivity contribution in [1.82, 2.24) is 4.98 Å². The summed E-state index contributed by atoms with van der Waals surface area (Å²) in [4.78, 5) is 16.4. The topological polar surface area (TPSA) is 74.2 Å². The summed E-state index contributed by atoms with van der Waals surface area (Å²) >= 11 is 1.37. The van der Waals surface area contributed by atoms with Crippen LogP contribution in [0.3, 0.4) is 0 Å². The number of aromatic hydroxyl groups is 1. The van der Waals surface area contributed by atoms with Gasteiger partial charge in [-0.2, -0.15) is 0 Å². The van der Waals surface area contributed by atoms with Crippen molar-refractivity contribution in [3.63, 3.8) is 0 Å². The fraction of sp³-hybridized carbons (Fsp3) is 0.0588. The van der Waals surface area contributed by atoms with Crippen molar-refractivity contribution >= 4 is 28.1 Å². The summed E-state index contributed by atoms with van der Waals surface area (Å²) in [6.07, 6.45) is 0. The number of benzene rings is 2. The highest BCUT2D eigenvalue weighted by Gasteiger charge is 2.12. The maximum Gasteiger partial charge on any atom is 0.275 e. The van der Waals surface area contributed by atoms with Crippen LogP contribution in [-0.4, -0.2) is 16.0 Å². The quantitative estimate of drug-likeness (QED) is 0.625. The van der Waals surface area contributed by atoms with E-state index in [1.54, 1.807) is 23.6 Å². The number of carbonyl (C=O) groups is 1. The first kappa shape index (κ1) is 15.1. The smallest absolute Gasteiger partial charge is 0.275 e. The summed E-state index contributed by atoms with van der Waals surface area (Å²) in [6, 6.07) is 16.5. The van der Waals surface area contributed by atoms with Crippen LogP contribution in [0.2, 0.25) is 0 Å². The fourth-order valence-electron chi connectivity index (χ4n) is 2.00. The lowest BCUT2D eigenvalue weighted by Crippen LogP contribution is -2.12. The van der Waals surface area contributed by atoms with Gasteiger partial charge in [0.2, 0.25) is 0 Å². The van der Waals surface area contributed by atoms with Gasteiger partial charge in [-0.05, 0) is 17.7 Å². The predicted molar refractivity (Wildman–Crippen MR) is 91.9 cm³/mol. The molecule has 5 nitrogen and oxygen atoms in total. The number of aromatic nitrogens is 1. The monoisotopic (exact) mass is 325 g/mol. The highest BCUT2D eigenvalue weighted by atomic mass is 32.1. The number of anilines is 2. The number of carbonyl (C=O) groups excluding carboxylic acids is 1. The van der Waals surface area contributed by atoms with Crippen LogP contribution in [-0.2, 0) is 6.54 Å². The summed E-state index contributed by atoms with van der Waals surface area (Å²) < 4.78 is 0. The van der Waals surface area contributed by atoms with Crippen LogP contribution in [0.15, 0.2) is 60.0 Å². The van der Waals surface area contributed by atoms with E-state index >= 15 is 0 Å². The zero-order valence-electron chi connectivity index (χ0n) is 12.2. The molecule has 2 aromatic carbocycles. The first-order valence-corrected chi connectivity index (χ1v) is 7.93. The van der Waals surface area contributed by atoms with E-state index in [0.717, 1.165) is 5.56 Å². The zero-order chi connectivity index (χ0) is 16.1. The van der Waals surface area contributed by atoms with Crippen LogP contribution < -0.4 is 10.6 Å². The molecule has 0 fully saturated rings. The van der Waals surface area contributed by atoms with E-state index in [0.29, 0.717) is 23.1 Å². The largest absolute Gasteiger partial charge is 0.506 e. The minimum absolute atomic E-state index is 0.0264. The molecule has 0 aliphatic heterocycles. The maximum absolute atomic E-state index is 12.1.